The fourth-order valence-corrected chi connectivity index (χ4v) is 2.96. The average Bonchev–Trinajstić information content (AvgIpc) is 2.90. The van der Waals surface area contributed by atoms with Gasteiger partial charge in [0.25, 0.3) is 0 Å². The lowest BCUT2D eigenvalue weighted by Gasteiger charge is -2.12. The highest BCUT2D eigenvalue weighted by molar-refractivity contribution is 7.90. The van der Waals surface area contributed by atoms with E-state index in [0.29, 0.717) is 6.20 Å². The number of nitrogens with two attached hydrogens (primary N) is 1. The van der Waals surface area contributed by atoms with Crippen molar-refractivity contribution in [1.29, 1.82) is 0 Å². The molecular weight excluding hydrogens is 369 g/mol. The molecule has 142 valence electrons. The number of rotatable bonds is 7. The standard InChI is InChI=1S/C13H17F3N2O6S/c1-23-11(19)4-3-8-7-18(25(21,22)13(14,15)16)10(6-17)9(8)5-12(20)24-2/h7H,3-6,17H2,1-2H3/i6T/t6-/m0/s1. The second-order valence-corrected chi connectivity index (χ2v) is 6.57. The zero-order chi connectivity index (χ0) is 20.3. The average molecular weight is 388 g/mol. The Labute approximate surface area is 143 Å². The van der Waals surface area contributed by atoms with Crippen LogP contribution >= 0.6 is 0 Å². The topological polar surface area (TPSA) is 118 Å². The SMILES string of the molecule is [3H][C@H](N)c1c(CC(=O)OC)c(CCC(=O)OC)cn1S(=O)(=O)C(F)(F)F. The van der Waals surface area contributed by atoms with Crippen molar-refractivity contribution in [3.8, 4) is 0 Å². The Morgan fingerprint density at radius 2 is 1.84 bits per heavy atom. The van der Waals surface area contributed by atoms with E-state index in [1.165, 1.54) is 0 Å². The van der Waals surface area contributed by atoms with Crippen molar-refractivity contribution in [2.75, 3.05) is 14.2 Å². The van der Waals surface area contributed by atoms with E-state index in [1.807, 2.05) is 0 Å². The first-order chi connectivity index (χ1) is 11.9. The molecule has 2 N–H and O–H groups in total. The molecule has 0 unspecified atom stereocenters. The highest BCUT2D eigenvalue weighted by Crippen LogP contribution is 2.30. The van der Waals surface area contributed by atoms with Gasteiger partial charge in [0.05, 0.1) is 26.3 Å². The molecule has 1 atom stereocenters. The van der Waals surface area contributed by atoms with Crippen LogP contribution in [0, 0.1) is 0 Å². The summed E-state index contributed by atoms with van der Waals surface area (Å²) in [5.74, 6) is -1.58. The lowest BCUT2D eigenvalue weighted by Crippen LogP contribution is -2.31. The van der Waals surface area contributed by atoms with Crippen LogP contribution < -0.4 is 5.73 Å². The Kier molecular flexibility index (Phi) is 6.06. The van der Waals surface area contributed by atoms with Gasteiger partial charge in [0.1, 0.15) is 0 Å². The van der Waals surface area contributed by atoms with Crippen LogP contribution in [0.25, 0.3) is 0 Å². The van der Waals surface area contributed by atoms with E-state index in [1.54, 1.807) is 0 Å². The van der Waals surface area contributed by atoms with Crippen molar-refractivity contribution in [3.05, 3.63) is 23.0 Å². The number of aromatic nitrogens is 1. The number of nitrogens with zero attached hydrogens (tertiary/aromatic N) is 1. The zero-order valence-corrected chi connectivity index (χ0v) is 14.1. The summed E-state index contributed by atoms with van der Waals surface area (Å²) in [7, 11) is -3.76. The van der Waals surface area contributed by atoms with Crippen LogP contribution in [0.15, 0.2) is 6.20 Å². The van der Waals surface area contributed by atoms with Crippen molar-refractivity contribution >= 4 is 22.0 Å². The normalized spacial score (nSPS) is 13.9. The largest absolute Gasteiger partial charge is 0.517 e. The van der Waals surface area contributed by atoms with Crippen LogP contribution in [-0.2, 0) is 48.4 Å². The molecule has 1 rings (SSSR count). The number of ether oxygens (including phenoxy) is 2. The lowest BCUT2D eigenvalue weighted by molar-refractivity contribution is -0.141. The minimum absolute atomic E-state index is 0.0636. The summed E-state index contributed by atoms with van der Waals surface area (Å²) in [5, 5.41) is 0. The van der Waals surface area contributed by atoms with Gasteiger partial charge in [-0.25, -0.2) is 3.97 Å². The molecule has 1 heterocycles. The molecule has 0 spiro atoms. The predicted molar refractivity (Wildman–Crippen MR) is 78.8 cm³/mol. The van der Waals surface area contributed by atoms with Crippen LogP contribution in [0.3, 0.4) is 0 Å². The van der Waals surface area contributed by atoms with Crippen LogP contribution in [0.4, 0.5) is 13.2 Å². The number of alkyl halides is 3. The summed E-state index contributed by atoms with van der Waals surface area (Å²) in [6, 6.07) is 0. The van der Waals surface area contributed by atoms with Crippen LogP contribution in [0.1, 0.15) is 24.6 Å². The first-order valence-electron chi connectivity index (χ1n) is 7.30. The summed E-state index contributed by atoms with van der Waals surface area (Å²) in [4.78, 5) is 22.8. The van der Waals surface area contributed by atoms with Gasteiger partial charge in [0, 0.05) is 20.5 Å². The third-order valence-corrected chi connectivity index (χ3v) is 4.70. The van der Waals surface area contributed by atoms with E-state index in [4.69, 9.17) is 7.10 Å². The molecule has 0 amide bonds. The number of aryl methyl sites for hydroxylation is 1. The summed E-state index contributed by atoms with van der Waals surface area (Å²) >= 11 is 0. The maximum absolute atomic E-state index is 12.9. The maximum atomic E-state index is 12.9. The van der Waals surface area contributed by atoms with E-state index in [2.05, 4.69) is 9.47 Å². The van der Waals surface area contributed by atoms with Gasteiger partial charge in [-0.2, -0.15) is 21.6 Å². The van der Waals surface area contributed by atoms with Gasteiger partial charge in [-0.1, -0.05) is 0 Å². The van der Waals surface area contributed by atoms with E-state index in [0.717, 1.165) is 14.2 Å². The number of hydrogen-bond acceptors (Lipinski definition) is 7. The number of esters is 2. The van der Waals surface area contributed by atoms with E-state index in [-0.39, 0.29) is 27.9 Å². The molecule has 0 saturated carbocycles. The predicted octanol–water partition coefficient (Wildman–Crippen LogP) is 0.466. The minimum atomic E-state index is -5.89. The van der Waals surface area contributed by atoms with Gasteiger partial charge in [-0.05, 0) is 17.5 Å². The van der Waals surface area contributed by atoms with Crippen LogP contribution in [-0.4, -0.2) is 44.1 Å². The highest BCUT2D eigenvalue weighted by atomic mass is 32.2. The summed E-state index contributed by atoms with van der Waals surface area (Å²) in [5.41, 5.74) is -1.32. The van der Waals surface area contributed by atoms with Gasteiger partial charge in [0.15, 0.2) is 0 Å². The Morgan fingerprint density at radius 1 is 1.28 bits per heavy atom. The summed E-state index contributed by atoms with van der Waals surface area (Å²) < 4.78 is 78.6. The molecule has 0 aliphatic rings. The molecule has 1 aromatic rings. The van der Waals surface area contributed by atoms with Crippen molar-refractivity contribution in [2.24, 2.45) is 5.73 Å². The molecule has 0 aliphatic heterocycles. The third kappa shape index (κ3) is 4.51. The molecule has 12 heteroatoms. The van der Waals surface area contributed by atoms with E-state index in [9.17, 15) is 31.2 Å². The van der Waals surface area contributed by atoms with Crippen molar-refractivity contribution in [3.63, 3.8) is 0 Å². The summed E-state index contributed by atoms with van der Waals surface area (Å²) in [6.07, 6.45) is -0.518. The fourth-order valence-electron chi connectivity index (χ4n) is 2.05. The summed E-state index contributed by atoms with van der Waals surface area (Å²) in [6.45, 7) is -1.89. The smallest absolute Gasteiger partial charge is 0.469 e. The van der Waals surface area contributed by atoms with Gasteiger partial charge in [-0.15, -0.1) is 0 Å². The Hall–Kier alpha value is -2.08. The third-order valence-electron chi connectivity index (χ3n) is 3.29. The van der Waals surface area contributed by atoms with Gasteiger partial charge >= 0.3 is 27.5 Å². The van der Waals surface area contributed by atoms with E-state index >= 15 is 0 Å². The van der Waals surface area contributed by atoms with Crippen molar-refractivity contribution in [1.82, 2.24) is 3.97 Å². The van der Waals surface area contributed by atoms with E-state index < -0.39 is 46.1 Å². The molecule has 1 aromatic heterocycles. The van der Waals surface area contributed by atoms with Crippen molar-refractivity contribution < 1.29 is 42.0 Å². The van der Waals surface area contributed by atoms with Crippen LogP contribution in [0.2, 0.25) is 0 Å². The first-order valence-corrected chi connectivity index (χ1v) is 8.17. The number of carbonyl (C=O) groups excluding carboxylic acids is 2. The molecule has 25 heavy (non-hydrogen) atoms. The Balaban J connectivity index is 3.61. The molecule has 0 radical (unpaired) electrons. The second-order valence-electron chi connectivity index (χ2n) is 4.76. The van der Waals surface area contributed by atoms with Gasteiger partial charge in [0.2, 0.25) is 0 Å². The van der Waals surface area contributed by atoms with Crippen LogP contribution in [0.5, 0.6) is 0 Å². The first kappa shape index (κ1) is 19.2. The quantitative estimate of drug-likeness (QED) is 0.675. The molecule has 0 aromatic carbocycles. The highest BCUT2D eigenvalue weighted by Gasteiger charge is 2.48. The molecule has 0 bridgehead atoms. The fraction of sp³-hybridized carbons (Fsp3) is 0.538. The molecular formula is C13H17F3N2O6S. The molecule has 0 saturated heterocycles. The van der Waals surface area contributed by atoms with Gasteiger partial charge in [-0.3, -0.25) is 9.59 Å². The number of methoxy groups -OCH3 is 2. The zero-order valence-electron chi connectivity index (χ0n) is 14.3. The second kappa shape index (κ2) is 7.87. The number of hydrogen-bond donors (Lipinski definition) is 1. The maximum Gasteiger partial charge on any atom is 0.517 e. The molecule has 8 nitrogen and oxygen atoms in total. The van der Waals surface area contributed by atoms with Gasteiger partial charge < -0.3 is 15.2 Å². The number of halogens is 3. The molecule has 0 fully saturated rings. The van der Waals surface area contributed by atoms with Crippen molar-refractivity contribution in [2.45, 2.75) is 31.3 Å². The lowest BCUT2D eigenvalue weighted by atomic mass is 10.0. The molecule has 0 aliphatic carbocycles. The minimum Gasteiger partial charge on any atom is -0.469 e. The number of carbonyl (C=O) groups is 2. The Bertz CT molecular complexity index is 789. The monoisotopic (exact) mass is 388 g/mol. The Morgan fingerprint density at radius 3 is 2.28 bits per heavy atom.